The van der Waals surface area contributed by atoms with Crippen molar-refractivity contribution in [2.45, 2.75) is 38.3 Å². The molecular formula is C17H28N4O2. The van der Waals surface area contributed by atoms with Crippen LogP contribution in [0.15, 0.2) is 27.8 Å². The Bertz CT molecular complexity index is 497. The van der Waals surface area contributed by atoms with E-state index < -0.39 is 0 Å². The van der Waals surface area contributed by atoms with E-state index >= 15 is 0 Å². The molecule has 6 nitrogen and oxygen atoms in total. The number of furan rings is 1. The van der Waals surface area contributed by atoms with Crippen LogP contribution in [0.4, 0.5) is 0 Å². The number of nitrogens with zero attached hydrogens (tertiary/aromatic N) is 3. The van der Waals surface area contributed by atoms with Gasteiger partial charge in [-0.1, -0.05) is 0 Å². The second-order valence-corrected chi connectivity index (χ2v) is 6.36. The number of aliphatic imine (C=N–C) groups is 1. The third-order valence-electron chi connectivity index (χ3n) is 4.66. The van der Waals surface area contributed by atoms with Gasteiger partial charge in [0.05, 0.1) is 25.0 Å². The fraction of sp³-hybridized carbons (Fsp3) is 0.706. The zero-order valence-electron chi connectivity index (χ0n) is 13.9. The van der Waals surface area contributed by atoms with E-state index in [9.17, 15) is 5.11 Å². The highest BCUT2D eigenvalue weighted by atomic mass is 16.3. The first-order chi connectivity index (χ1) is 11.3. The molecule has 23 heavy (non-hydrogen) atoms. The van der Waals surface area contributed by atoms with Crippen molar-refractivity contribution in [1.82, 2.24) is 15.1 Å². The molecule has 2 atom stereocenters. The van der Waals surface area contributed by atoms with Crippen molar-refractivity contribution in [2.24, 2.45) is 4.99 Å². The Balaban J connectivity index is 1.71. The van der Waals surface area contributed by atoms with Gasteiger partial charge < -0.3 is 19.7 Å². The van der Waals surface area contributed by atoms with Gasteiger partial charge in [-0.3, -0.25) is 9.89 Å². The van der Waals surface area contributed by atoms with E-state index in [0.717, 1.165) is 44.3 Å². The van der Waals surface area contributed by atoms with Gasteiger partial charge in [-0.15, -0.1) is 0 Å². The smallest absolute Gasteiger partial charge is 0.194 e. The number of guanidine groups is 1. The lowest BCUT2D eigenvalue weighted by atomic mass is 10.2. The van der Waals surface area contributed by atoms with E-state index in [-0.39, 0.29) is 12.1 Å². The molecule has 3 rings (SSSR count). The predicted octanol–water partition coefficient (Wildman–Crippen LogP) is 1.45. The van der Waals surface area contributed by atoms with Gasteiger partial charge in [-0.2, -0.15) is 0 Å². The molecule has 0 bridgehead atoms. The minimum Gasteiger partial charge on any atom is -0.468 e. The van der Waals surface area contributed by atoms with Crippen molar-refractivity contribution >= 4 is 5.96 Å². The topological polar surface area (TPSA) is 64.2 Å². The summed E-state index contributed by atoms with van der Waals surface area (Å²) in [5.74, 6) is 1.90. The zero-order valence-corrected chi connectivity index (χ0v) is 13.9. The van der Waals surface area contributed by atoms with E-state index in [4.69, 9.17) is 9.41 Å². The van der Waals surface area contributed by atoms with Crippen LogP contribution in [0.5, 0.6) is 0 Å². The van der Waals surface area contributed by atoms with E-state index in [1.807, 2.05) is 12.1 Å². The maximum absolute atomic E-state index is 9.77. The minimum absolute atomic E-state index is 0.202. The first-order valence-corrected chi connectivity index (χ1v) is 8.76. The first kappa shape index (κ1) is 16.3. The minimum atomic E-state index is -0.238. The van der Waals surface area contributed by atoms with E-state index in [2.05, 4.69) is 22.0 Å². The van der Waals surface area contributed by atoms with Gasteiger partial charge in [0.2, 0.25) is 0 Å². The lowest BCUT2D eigenvalue weighted by molar-refractivity contribution is 0.187. The Morgan fingerprint density at radius 3 is 2.87 bits per heavy atom. The molecule has 0 saturated carbocycles. The fourth-order valence-electron chi connectivity index (χ4n) is 3.45. The molecule has 3 heterocycles. The van der Waals surface area contributed by atoms with E-state index in [0.29, 0.717) is 13.1 Å². The molecule has 1 unspecified atom stereocenters. The molecule has 128 valence electrons. The molecule has 0 aliphatic carbocycles. The van der Waals surface area contributed by atoms with Crippen molar-refractivity contribution in [3.63, 3.8) is 0 Å². The molecule has 1 aromatic heterocycles. The molecule has 1 aromatic rings. The van der Waals surface area contributed by atoms with Crippen LogP contribution in [0.25, 0.3) is 0 Å². The molecule has 2 aliphatic heterocycles. The molecular weight excluding hydrogens is 292 g/mol. The summed E-state index contributed by atoms with van der Waals surface area (Å²) < 4.78 is 5.66. The Hall–Kier alpha value is -1.53. The molecule has 2 N–H and O–H groups in total. The predicted molar refractivity (Wildman–Crippen MR) is 90.4 cm³/mol. The number of hydrogen-bond acceptors (Lipinski definition) is 4. The van der Waals surface area contributed by atoms with Crippen molar-refractivity contribution in [3.05, 3.63) is 24.2 Å². The molecule has 0 spiro atoms. The number of hydrogen-bond donors (Lipinski definition) is 2. The normalized spacial score (nSPS) is 24.3. The molecule has 0 amide bonds. The summed E-state index contributed by atoms with van der Waals surface area (Å²) in [4.78, 5) is 9.46. The number of β-amino-alcohol motifs (C(OH)–C–C–N with tert-alkyl or cyclic N) is 1. The summed E-state index contributed by atoms with van der Waals surface area (Å²) in [6, 6.07) is 4.20. The Morgan fingerprint density at radius 2 is 2.26 bits per heavy atom. The summed E-state index contributed by atoms with van der Waals surface area (Å²) in [5.41, 5.74) is 0. The third-order valence-corrected chi connectivity index (χ3v) is 4.66. The van der Waals surface area contributed by atoms with Crippen molar-refractivity contribution in [2.75, 3.05) is 39.3 Å². The Morgan fingerprint density at radius 1 is 1.43 bits per heavy atom. The summed E-state index contributed by atoms with van der Waals surface area (Å²) in [6.45, 7) is 7.35. The zero-order chi connectivity index (χ0) is 16.1. The fourth-order valence-corrected chi connectivity index (χ4v) is 3.45. The van der Waals surface area contributed by atoms with E-state index in [1.54, 1.807) is 6.26 Å². The number of nitrogens with one attached hydrogen (secondary N) is 1. The standard InChI is InChI=1S/C17H28N4O2/c1-2-18-17(21-10-7-14(22)13-21)19-12-15(16-6-5-11-23-16)20-8-3-4-9-20/h5-6,11,14-15,22H,2-4,7-10,12-13H2,1H3,(H,18,19)/t14-,15?/m1/s1. The lowest BCUT2D eigenvalue weighted by Crippen LogP contribution is -2.41. The Labute approximate surface area is 138 Å². The number of aliphatic hydroxyl groups is 1. The quantitative estimate of drug-likeness (QED) is 0.635. The van der Waals surface area contributed by atoms with Crippen molar-refractivity contribution in [3.8, 4) is 0 Å². The molecule has 2 fully saturated rings. The van der Waals surface area contributed by atoms with E-state index in [1.165, 1.54) is 12.8 Å². The highest BCUT2D eigenvalue weighted by Gasteiger charge is 2.27. The van der Waals surface area contributed by atoms with Gasteiger partial charge >= 0.3 is 0 Å². The van der Waals surface area contributed by atoms with Gasteiger partial charge in [0.1, 0.15) is 5.76 Å². The summed E-state index contributed by atoms with van der Waals surface area (Å²) in [5, 5.41) is 13.1. The largest absolute Gasteiger partial charge is 0.468 e. The number of aliphatic hydroxyl groups excluding tert-OH is 1. The number of rotatable bonds is 5. The molecule has 0 aromatic carbocycles. The van der Waals surface area contributed by atoms with Crippen LogP contribution in [0.2, 0.25) is 0 Å². The Kier molecular flexibility index (Phi) is 5.56. The second-order valence-electron chi connectivity index (χ2n) is 6.36. The summed E-state index contributed by atoms with van der Waals surface area (Å²) in [7, 11) is 0. The monoisotopic (exact) mass is 320 g/mol. The van der Waals surface area contributed by atoms with Gasteiger partial charge in [0.15, 0.2) is 5.96 Å². The highest BCUT2D eigenvalue weighted by Crippen LogP contribution is 2.26. The molecule has 2 aliphatic rings. The van der Waals surface area contributed by atoms with Crippen LogP contribution in [-0.4, -0.2) is 66.2 Å². The first-order valence-electron chi connectivity index (χ1n) is 8.76. The van der Waals surface area contributed by atoms with Gasteiger partial charge in [-0.05, 0) is 51.4 Å². The molecule has 2 saturated heterocycles. The van der Waals surface area contributed by atoms with Gasteiger partial charge in [0.25, 0.3) is 0 Å². The van der Waals surface area contributed by atoms with Crippen LogP contribution < -0.4 is 5.32 Å². The van der Waals surface area contributed by atoms with Crippen molar-refractivity contribution < 1.29 is 9.52 Å². The van der Waals surface area contributed by atoms with Crippen molar-refractivity contribution in [1.29, 1.82) is 0 Å². The highest BCUT2D eigenvalue weighted by molar-refractivity contribution is 5.80. The van der Waals surface area contributed by atoms with Crippen LogP contribution >= 0.6 is 0 Å². The van der Waals surface area contributed by atoms with Crippen LogP contribution in [0.3, 0.4) is 0 Å². The van der Waals surface area contributed by atoms with Crippen LogP contribution in [0, 0.1) is 0 Å². The number of likely N-dealkylation sites (tertiary alicyclic amines) is 2. The SMILES string of the molecule is CCNC(=NCC(c1ccco1)N1CCCC1)N1CC[C@@H](O)C1. The van der Waals surface area contributed by atoms with Crippen LogP contribution in [0.1, 0.15) is 38.0 Å². The third kappa shape index (κ3) is 4.06. The molecule has 0 radical (unpaired) electrons. The summed E-state index contributed by atoms with van der Waals surface area (Å²) in [6.07, 6.45) is 4.82. The van der Waals surface area contributed by atoms with Crippen LogP contribution in [-0.2, 0) is 0 Å². The maximum Gasteiger partial charge on any atom is 0.194 e. The van der Waals surface area contributed by atoms with Gasteiger partial charge in [-0.25, -0.2) is 0 Å². The second kappa shape index (κ2) is 7.84. The lowest BCUT2D eigenvalue weighted by Gasteiger charge is -2.26. The maximum atomic E-state index is 9.77. The molecule has 6 heteroatoms. The average Bonchev–Trinajstić information content (AvgIpc) is 3.29. The summed E-state index contributed by atoms with van der Waals surface area (Å²) >= 11 is 0. The van der Waals surface area contributed by atoms with Gasteiger partial charge in [0, 0.05) is 19.6 Å². The average molecular weight is 320 g/mol.